The van der Waals surface area contributed by atoms with Crippen LogP contribution in [0.25, 0.3) is 0 Å². The van der Waals surface area contributed by atoms with Crippen LogP contribution in [-0.2, 0) is 17.9 Å². The minimum Gasteiger partial charge on any atom is -0.467 e. The molecule has 3 rings (SSSR count). The Balaban J connectivity index is 1.58. The second-order valence-corrected chi connectivity index (χ2v) is 5.99. The van der Waals surface area contributed by atoms with Crippen LogP contribution in [0.5, 0.6) is 0 Å². The van der Waals surface area contributed by atoms with E-state index in [-0.39, 0.29) is 11.9 Å². The van der Waals surface area contributed by atoms with Gasteiger partial charge in [-0.1, -0.05) is 23.7 Å². The average Bonchev–Trinajstić information content (AvgIpc) is 3.16. The number of nitrogens with zero attached hydrogens (tertiary/aromatic N) is 1. The molecule has 1 N–H and O–H groups in total. The normalized spacial score (nSPS) is 18.5. The van der Waals surface area contributed by atoms with Gasteiger partial charge in [-0.3, -0.25) is 9.69 Å². The minimum absolute atomic E-state index is 0.0657. The summed E-state index contributed by atoms with van der Waals surface area (Å²) in [6, 6.07) is 11.4. The van der Waals surface area contributed by atoms with E-state index in [4.69, 9.17) is 16.0 Å². The number of rotatable bonds is 5. The van der Waals surface area contributed by atoms with Crippen molar-refractivity contribution >= 4 is 17.5 Å². The van der Waals surface area contributed by atoms with Crippen LogP contribution < -0.4 is 5.32 Å². The number of nitrogens with one attached hydrogen (secondary N) is 1. The maximum atomic E-state index is 12.4. The fraction of sp³-hybridized carbons (Fsp3) is 0.353. The van der Waals surface area contributed by atoms with Crippen LogP contribution in [0.15, 0.2) is 47.1 Å². The van der Waals surface area contributed by atoms with E-state index >= 15 is 0 Å². The molecule has 1 aromatic heterocycles. The zero-order chi connectivity index (χ0) is 15.4. The molecule has 1 aromatic carbocycles. The van der Waals surface area contributed by atoms with Gasteiger partial charge in [-0.05, 0) is 49.2 Å². The monoisotopic (exact) mass is 318 g/mol. The summed E-state index contributed by atoms with van der Waals surface area (Å²) in [6.07, 6.45) is 3.55. The van der Waals surface area contributed by atoms with Gasteiger partial charge in [0.25, 0.3) is 0 Å². The number of furan rings is 1. The summed E-state index contributed by atoms with van der Waals surface area (Å²) in [4.78, 5) is 14.6. The SMILES string of the molecule is O=C(NCc1ccco1)C1CCCN1Cc1cccc(Cl)c1. The summed E-state index contributed by atoms with van der Waals surface area (Å²) in [5, 5.41) is 3.69. The average molecular weight is 319 g/mol. The van der Waals surface area contributed by atoms with E-state index in [1.165, 1.54) is 0 Å². The highest BCUT2D eigenvalue weighted by molar-refractivity contribution is 6.30. The molecule has 0 saturated carbocycles. The van der Waals surface area contributed by atoms with Crippen molar-refractivity contribution in [1.82, 2.24) is 10.2 Å². The third-order valence-corrected chi connectivity index (χ3v) is 4.19. The number of hydrogen-bond acceptors (Lipinski definition) is 3. The number of amides is 1. The zero-order valence-corrected chi connectivity index (χ0v) is 13.1. The van der Waals surface area contributed by atoms with Crippen molar-refractivity contribution in [3.63, 3.8) is 0 Å². The second kappa shape index (κ2) is 6.99. The molecule has 5 heteroatoms. The van der Waals surface area contributed by atoms with Crippen LogP contribution in [0.1, 0.15) is 24.2 Å². The second-order valence-electron chi connectivity index (χ2n) is 5.56. The van der Waals surface area contributed by atoms with E-state index in [2.05, 4.69) is 10.2 Å². The van der Waals surface area contributed by atoms with Gasteiger partial charge in [0.05, 0.1) is 18.8 Å². The first-order valence-electron chi connectivity index (χ1n) is 7.51. The molecule has 4 nitrogen and oxygen atoms in total. The minimum atomic E-state index is -0.0751. The van der Waals surface area contributed by atoms with E-state index in [0.29, 0.717) is 6.54 Å². The lowest BCUT2D eigenvalue weighted by Gasteiger charge is -2.23. The molecule has 1 amide bonds. The van der Waals surface area contributed by atoms with Gasteiger partial charge in [-0.2, -0.15) is 0 Å². The molecule has 1 aliphatic rings. The highest BCUT2D eigenvalue weighted by Crippen LogP contribution is 2.21. The molecule has 0 aliphatic carbocycles. The highest BCUT2D eigenvalue weighted by Gasteiger charge is 2.30. The summed E-state index contributed by atoms with van der Waals surface area (Å²) in [5.74, 6) is 0.837. The van der Waals surface area contributed by atoms with E-state index in [9.17, 15) is 4.79 Å². The van der Waals surface area contributed by atoms with Crippen molar-refractivity contribution in [1.29, 1.82) is 0 Å². The van der Waals surface area contributed by atoms with Crippen LogP contribution in [0.2, 0.25) is 5.02 Å². The Morgan fingerprint density at radius 2 is 2.27 bits per heavy atom. The number of carbonyl (C=O) groups is 1. The molecule has 1 saturated heterocycles. The Morgan fingerprint density at radius 1 is 1.36 bits per heavy atom. The number of likely N-dealkylation sites (tertiary alicyclic amines) is 1. The lowest BCUT2D eigenvalue weighted by molar-refractivity contribution is -0.125. The van der Waals surface area contributed by atoms with Crippen molar-refractivity contribution in [2.45, 2.75) is 32.0 Å². The van der Waals surface area contributed by atoms with Crippen LogP contribution >= 0.6 is 11.6 Å². The van der Waals surface area contributed by atoms with Gasteiger partial charge in [-0.25, -0.2) is 0 Å². The quantitative estimate of drug-likeness (QED) is 0.920. The molecule has 2 heterocycles. The summed E-state index contributed by atoms with van der Waals surface area (Å²) in [5.41, 5.74) is 1.14. The topological polar surface area (TPSA) is 45.5 Å². The van der Waals surface area contributed by atoms with Crippen LogP contribution in [-0.4, -0.2) is 23.4 Å². The highest BCUT2D eigenvalue weighted by atomic mass is 35.5. The standard InChI is InChI=1S/C17H19ClN2O2/c18-14-5-1-4-13(10-14)12-20-8-2-7-16(20)17(21)19-11-15-6-3-9-22-15/h1,3-6,9-10,16H,2,7-8,11-12H2,(H,19,21). The molecule has 116 valence electrons. The van der Waals surface area contributed by atoms with Crippen molar-refractivity contribution in [2.24, 2.45) is 0 Å². The Hall–Kier alpha value is -1.78. The molecule has 0 spiro atoms. The lowest BCUT2D eigenvalue weighted by atomic mass is 10.1. The molecular formula is C17H19ClN2O2. The van der Waals surface area contributed by atoms with Gasteiger partial charge < -0.3 is 9.73 Å². The fourth-order valence-electron chi connectivity index (χ4n) is 2.89. The maximum absolute atomic E-state index is 12.4. The lowest BCUT2D eigenvalue weighted by Crippen LogP contribution is -2.42. The molecule has 1 atom stereocenters. The molecule has 0 bridgehead atoms. The van der Waals surface area contributed by atoms with E-state index < -0.39 is 0 Å². The molecule has 2 aromatic rings. The van der Waals surface area contributed by atoms with Gasteiger partial charge in [0, 0.05) is 11.6 Å². The third-order valence-electron chi connectivity index (χ3n) is 3.96. The Morgan fingerprint density at radius 3 is 3.05 bits per heavy atom. The van der Waals surface area contributed by atoms with Gasteiger partial charge in [0.2, 0.25) is 5.91 Å². The predicted octanol–water partition coefficient (Wildman–Crippen LogP) is 3.21. The number of benzene rings is 1. The number of hydrogen-bond donors (Lipinski definition) is 1. The smallest absolute Gasteiger partial charge is 0.237 e. The molecule has 1 aliphatic heterocycles. The molecule has 22 heavy (non-hydrogen) atoms. The van der Waals surface area contributed by atoms with Crippen molar-refractivity contribution in [2.75, 3.05) is 6.54 Å². The molecule has 1 fully saturated rings. The zero-order valence-electron chi connectivity index (χ0n) is 12.3. The summed E-state index contributed by atoms with van der Waals surface area (Å²) in [7, 11) is 0. The molecule has 0 radical (unpaired) electrons. The summed E-state index contributed by atoms with van der Waals surface area (Å²) >= 11 is 6.03. The molecular weight excluding hydrogens is 300 g/mol. The Bertz CT molecular complexity index is 627. The first kappa shape index (κ1) is 15.1. The number of carbonyl (C=O) groups excluding carboxylic acids is 1. The predicted molar refractivity (Wildman–Crippen MR) is 85.4 cm³/mol. The Labute approximate surface area is 135 Å². The van der Waals surface area contributed by atoms with Crippen molar-refractivity contribution < 1.29 is 9.21 Å². The van der Waals surface area contributed by atoms with Crippen LogP contribution in [0, 0.1) is 0 Å². The third kappa shape index (κ3) is 3.70. The summed E-state index contributed by atoms with van der Waals surface area (Å²) < 4.78 is 5.24. The largest absolute Gasteiger partial charge is 0.467 e. The first-order chi connectivity index (χ1) is 10.7. The van der Waals surface area contributed by atoms with Crippen LogP contribution in [0.3, 0.4) is 0 Å². The van der Waals surface area contributed by atoms with Crippen molar-refractivity contribution in [3.8, 4) is 0 Å². The Kier molecular flexibility index (Phi) is 4.80. The van der Waals surface area contributed by atoms with E-state index in [1.54, 1.807) is 6.26 Å². The van der Waals surface area contributed by atoms with E-state index in [1.807, 2.05) is 36.4 Å². The first-order valence-corrected chi connectivity index (χ1v) is 7.89. The number of halogens is 1. The van der Waals surface area contributed by atoms with E-state index in [0.717, 1.165) is 42.3 Å². The van der Waals surface area contributed by atoms with Gasteiger partial charge in [0.1, 0.15) is 5.76 Å². The van der Waals surface area contributed by atoms with Crippen molar-refractivity contribution in [3.05, 3.63) is 59.0 Å². The van der Waals surface area contributed by atoms with Crippen LogP contribution in [0.4, 0.5) is 0 Å². The summed E-state index contributed by atoms with van der Waals surface area (Å²) in [6.45, 7) is 2.12. The van der Waals surface area contributed by atoms with Gasteiger partial charge in [-0.15, -0.1) is 0 Å². The maximum Gasteiger partial charge on any atom is 0.237 e. The van der Waals surface area contributed by atoms with Gasteiger partial charge >= 0.3 is 0 Å². The van der Waals surface area contributed by atoms with Gasteiger partial charge in [0.15, 0.2) is 0 Å². The fourth-order valence-corrected chi connectivity index (χ4v) is 3.10. The molecule has 1 unspecified atom stereocenters.